The second-order valence-corrected chi connectivity index (χ2v) is 7.71. The summed E-state index contributed by atoms with van der Waals surface area (Å²) in [5, 5.41) is 4.38. The Morgan fingerprint density at radius 3 is 2.32 bits per heavy atom. The molecule has 2 saturated heterocycles. The predicted octanol–water partition coefficient (Wildman–Crippen LogP) is 1.78. The number of amides is 1. The van der Waals surface area contributed by atoms with Gasteiger partial charge in [-0.15, -0.1) is 0 Å². The topological polar surface area (TPSA) is 70.4 Å². The van der Waals surface area contributed by atoms with Gasteiger partial charge in [-0.2, -0.15) is 10.1 Å². The molecule has 4 heterocycles. The number of hydrogen-bond donors (Lipinski definition) is 0. The fourth-order valence-corrected chi connectivity index (χ4v) is 4.14. The molecule has 0 bridgehead atoms. The van der Waals surface area contributed by atoms with Crippen LogP contribution < -0.4 is 9.80 Å². The number of piperazine rings is 1. The Hall–Kier alpha value is -2.64. The number of aryl methyl sites for hydroxylation is 2. The lowest BCUT2D eigenvalue weighted by Crippen LogP contribution is -2.49. The Morgan fingerprint density at radius 2 is 1.68 bits per heavy atom. The van der Waals surface area contributed by atoms with Crippen LogP contribution in [-0.4, -0.2) is 69.8 Å². The van der Waals surface area contributed by atoms with E-state index in [2.05, 4.69) is 19.9 Å². The Bertz CT molecular complexity index is 848. The molecule has 0 radical (unpaired) electrons. The number of rotatable bonds is 3. The van der Waals surface area contributed by atoms with Crippen LogP contribution in [0.4, 0.5) is 11.8 Å². The van der Waals surface area contributed by atoms with Crippen LogP contribution >= 0.6 is 0 Å². The quantitative estimate of drug-likeness (QED) is 0.805. The van der Waals surface area contributed by atoms with E-state index in [-0.39, 0.29) is 5.91 Å². The Morgan fingerprint density at radius 1 is 0.964 bits per heavy atom. The van der Waals surface area contributed by atoms with Crippen LogP contribution in [0.2, 0.25) is 0 Å². The number of hydrogen-bond acceptors (Lipinski definition) is 6. The summed E-state index contributed by atoms with van der Waals surface area (Å²) < 4.78 is 1.78. The van der Waals surface area contributed by atoms with Crippen LogP contribution in [0.15, 0.2) is 12.3 Å². The number of anilines is 2. The van der Waals surface area contributed by atoms with E-state index in [9.17, 15) is 4.79 Å². The SMILES string of the molecule is Cc1nn(C)c(C)c1C(=O)N1CCN(c2ccnc(N3CCCCC3)n2)CC1. The van der Waals surface area contributed by atoms with Crippen LogP contribution in [0.5, 0.6) is 0 Å². The van der Waals surface area contributed by atoms with Crippen molar-refractivity contribution in [3.63, 3.8) is 0 Å². The van der Waals surface area contributed by atoms with Crippen molar-refractivity contribution in [3.05, 3.63) is 29.2 Å². The Balaban J connectivity index is 1.42. The van der Waals surface area contributed by atoms with Crippen LogP contribution in [0, 0.1) is 13.8 Å². The highest BCUT2D eigenvalue weighted by Gasteiger charge is 2.27. The first-order valence-corrected chi connectivity index (χ1v) is 10.2. The number of aromatic nitrogens is 4. The third kappa shape index (κ3) is 3.55. The molecule has 2 aromatic heterocycles. The maximum Gasteiger partial charge on any atom is 0.257 e. The summed E-state index contributed by atoms with van der Waals surface area (Å²) in [4.78, 5) is 28.7. The van der Waals surface area contributed by atoms with Gasteiger partial charge in [0.25, 0.3) is 5.91 Å². The Kier molecular flexibility index (Phi) is 5.19. The molecule has 4 rings (SSSR count). The highest BCUT2D eigenvalue weighted by atomic mass is 16.2. The van der Waals surface area contributed by atoms with Gasteiger partial charge in [-0.1, -0.05) is 0 Å². The molecule has 2 aromatic rings. The summed E-state index contributed by atoms with van der Waals surface area (Å²) in [6, 6.07) is 1.97. The van der Waals surface area contributed by atoms with Gasteiger partial charge in [0, 0.05) is 58.2 Å². The van der Waals surface area contributed by atoms with Gasteiger partial charge in [0.2, 0.25) is 5.95 Å². The first kappa shape index (κ1) is 18.7. The van der Waals surface area contributed by atoms with Crippen molar-refractivity contribution in [1.82, 2.24) is 24.6 Å². The number of piperidine rings is 1. The molecule has 0 unspecified atom stereocenters. The monoisotopic (exact) mass is 383 g/mol. The van der Waals surface area contributed by atoms with Gasteiger partial charge >= 0.3 is 0 Å². The third-order valence-electron chi connectivity index (χ3n) is 5.88. The van der Waals surface area contributed by atoms with Crippen LogP contribution in [0.1, 0.15) is 41.0 Å². The van der Waals surface area contributed by atoms with Crippen LogP contribution in [-0.2, 0) is 7.05 Å². The molecule has 8 heteroatoms. The number of carbonyl (C=O) groups excluding carboxylic acids is 1. The number of carbonyl (C=O) groups is 1. The van der Waals surface area contributed by atoms with Gasteiger partial charge in [-0.3, -0.25) is 9.48 Å². The smallest absolute Gasteiger partial charge is 0.257 e. The van der Waals surface area contributed by atoms with Crippen molar-refractivity contribution in [1.29, 1.82) is 0 Å². The molecule has 0 aromatic carbocycles. The van der Waals surface area contributed by atoms with Crippen molar-refractivity contribution in [2.45, 2.75) is 33.1 Å². The molecular formula is C20H29N7O. The minimum atomic E-state index is 0.0828. The molecule has 2 aliphatic heterocycles. The molecule has 2 aliphatic rings. The largest absolute Gasteiger partial charge is 0.353 e. The molecule has 28 heavy (non-hydrogen) atoms. The van der Waals surface area contributed by atoms with Crippen molar-refractivity contribution in [2.75, 3.05) is 49.1 Å². The van der Waals surface area contributed by atoms with Crippen molar-refractivity contribution in [3.8, 4) is 0 Å². The maximum absolute atomic E-state index is 13.0. The van der Waals surface area contributed by atoms with E-state index in [0.717, 1.165) is 54.9 Å². The lowest BCUT2D eigenvalue weighted by Gasteiger charge is -2.36. The van der Waals surface area contributed by atoms with E-state index >= 15 is 0 Å². The summed E-state index contributed by atoms with van der Waals surface area (Å²) in [6.45, 7) is 8.86. The molecule has 8 nitrogen and oxygen atoms in total. The molecule has 2 fully saturated rings. The fraction of sp³-hybridized carbons (Fsp3) is 0.600. The second kappa shape index (κ2) is 7.77. The first-order valence-electron chi connectivity index (χ1n) is 10.2. The van der Waals surface area contributed by atoms with E-state index in [1.165, 1.54) is 19.3 Å². The van der Waals surface area contributed by atoms with Crippen LogP contribution in [0.25, 0.3) is 0 Å². The standard InChI is InChI=1S/C20H29N7O/c1-15-18(16(2)24(3)23-15)19(28)26-13-11-25(12-14-26)17-7-8-21-20(22-17)27-9-5-4-6-10-27/h7-8H,4-6,9-14H2,1-3H3. The normalized spacial score (nSPS) is 17.9. The molecule has 150 valence electrons. The van der Waals surface area contributed by atoms with E-state index < -0.39 is 0 Å². The molecule has 0 atom stereocenters. The summed E-state index contributed by atoms with van der Waals surface area (Å²) in [5.74, 6) is 1.87. The zero-order chi connectivity index (χ0) is 19.7. The summed E-state index contributed by atoms with van der Waals surface area (Å²) in [6.07, 6.45) is 5.57. The highest BCUT2D eigenvalue weighted by molar-refractivity contribution is 5.96. The average Bonchev–Trinajstić information content (AvgIpc) is 3.00. The van der Waals surface area contributed by atoms with Crippen LogP contribution in [0.3, 0.4) is 0 Å². The van der Waals surface area contributed by atoms with Crippen molar-refractivity contribution >= 4 is 17.7 Å². The predicted molar refractivity (Wildman–Crippen MR) is 109 cm³/mol. The molecule has 0 N–H and O–H groups in total. The zero-order valence-electron chi connectivity index (χ0n) is 17.1. The number of nitrogens with zero attached hydrogens (tertiary/aromatic N) is 7. The van der Waals surface area contributed by atoms with E-state index in [1.807, 2.05) is 38.1 Å². The van der Waals surface area contributed by atoms with Gasteiger partial charge < -0.3 is 14.7 Å². The van der Waals surface area contributed by atoms with Gasteiger partial charge in [0.1, 0.15) is 5.82 Å². The first-order chi connectivity index (χ1) is 13.5. The van der Waals surface area contributed by atoms with Gasteiger partial charge in [-0.25, -0.2) is 4.98 Å². The minimum absolute atomic E-state index is 0.0828. The fourth-order valence-electron chi connectivity index (χ4n) is 4.14. The minimum Gasteiger partial charge on any atom is -0.353 e. The molecule has 0 spiro atoms. The Labute approximate surface area is 166 Å². The molecule has 0 saturated carbocycles. The van der Waals surface area contributed by atoms with E-state index in [0.29, 0.717) is 13.1 Å². The van der Waals surface area contributed by atoms with Crippen molar-refractivity contribution < 1.29 is 4.79 Å². The van der Waals surface area contributed by atoms with Gasteiger partial charge in [-0.05, 0) is 39.2 Å². The van der Waals surface area contributed by atoms with Gasteiger partial charge in [0.05, 0.1) is 11.3 Å². The zero-order valence-corrected chi connectivity index (χ0v) is 17.1. The molecular weight excluding hydrogens is 354 g/mol. The summed E-state index contributed by atoms with van der Waals surface area (Å²) >= 11 is 0. The summed E-state index contributed by atoms with van der Waals surface area (Å²) in [7, 11) is 1.88. The maximum atomic E-state index is 13.0. The molecule has 0 aliphatic carbocycles. The summed E-state index contributed by atoms with van der Waals surface area (Å²) in [5.41, 5.74) is 2.46. The lowest BCUT2D eigenvalue weighted by molar-refractivity contribution is 0.0745. The van der Waals surface area contributed by atoms with Crippen molar-refractivity contribution in [2.24, 2.45) is 7.05 Å². The third-order valence-corrected chi connectivity index (χ3v) is 5.88. The van der Waals surface area contributed by atoms with E-state index in [4.69, 9.17) is 4.98 Å². The lowest BCUT2D eigenvalue weighted by atomic mass is 10.1. The average molecular weight is 384 g/mol. The molecule has 1 amide bonds. The van der Waals surface area contributed by atoms with E-state index in [1.54, 1.807) is 4.68 Å². The second-order valence-electron chi connectivity index (χ2n) is 7.71. The highest BCUT2D eigenvalue weighted by Crippen LogP contribution is 2.21. The van der Waals surface area contributed by atoms with Gasteiger partial charge in [0.15, 0.2) is 0 Å².